The van der Waals surface area contributed by atoms with Crippen LogP contribution < -0.4 is 5.32 Å². The minimum Gasteiger partial charge on any atom is -0.310 e. The van der Waals surface area contributed by atoms with E-state index in [-0.39, 0.29) is 10.9 Å². The van der Waals surface area contributed by atoms with Crippen LogP contribution in [0.3, 0.4) is 0 Å². The van der Waals surface area contributed by atoms with Gasteiger partial charge < -0.3 is 5.32 Å². The van der Waals surface area contributed by atoms with Crippen molar-refractivity contribution < 1.29 is 8.78 Å². The maximum atomic E-state index is 13.9. The lowest BCUT2D eigenvalue weighted by molar-refractivity contribution is 0.528. The molecule has 0 aliphatic rings. The van der Waals surface area contributed by atoms with Gasteiger partial charge in [-0.15, -0.1) is 0 Å². The van der Waals surface area contributed by atoms with Gasteiger partial charge in [-0.2, -0.15) is 5.10 Å². The van der Waals surface area contributed by atoms with E-state index < -0.39 is 11.6 Å². The van der Waals surface area contributed by atoms with E-state index in [4.69, 9.17) is 0 Å². The van der Waals surface area contributed by atoms with Crippen LogP contribution in [-0.4, -0.2) is 21.2 Å². The van der Waals surface area contributed by atoms with Crippen LogP contribution in [0.25, 0.3) is 0 Å². The van der Waals surface area contributed by atoms with Gasteiger partial charge in [0.1, 0.15) is 18.0 Å². The third-order valence-electron chi connectivity index (χ3n) is 2.36. The second-order valence-corrected chi connectivity index (χ2v) is 5.32. The van der Waals surface area contributed by atoms with Crippen LogP contribution in [0, 0.1) is 11.6 Å². The first-order valence-electron chi connectivity index (χ1n) is 5.81. The van der Waals surface area contributed by atoms with Crippen LogP contribution in [0.2, 0.25) is 0 Å². The Morgan fingerprint density at radius 2 is 2.00 bits per heavy atom. The minimum absolute atomic E-state index is 0.0787. The molecular weight excluding hydrogens is 270 g/mol. The summed E-state index contributed by atoms with van der Waals surface area (Å²) in [6.07, 6.45) is 1.29. The summed E-state index contributed by atoms with van der Waals surface area (Å²) in [7, 11) is 0. The molecule has 0 aliphatic heterocycles. The van der Waals surface area contributed by atoms with Gasteiger partial charge in [-0.05, 0) is 29.5 Å². The van der Waals surface area contributed by atoms with Crippen LogP contribution >= 0.6 is 11.8 Å². The molecule has 1 aromatic carbocycles. The highest BCUT2D eigenvalue weighted by Crippen LogP contribution is 2.30. The van der Waals surface area contributed by atoms with Gasteiger partial charge in [0.25, 0.3) is 0 Å². The summed E-state index contributed by atoms with van der Waals surface area (Å²) in [6, 6.07) is 2.92. The van der Waals surface area contributed by atoms with Crippen molar-refractivity contribution in [2.75, 3.05) is 0 Å². The van der Waals surface area contributed by atoms with Crippen molar-refractivity contribution in [3.05, 3.63) is 35.7 Å². The molecule has 0 amide bonds. The van der Waals surface area contributed by atoms with Gasteiger partial charge in [0.2, 0.25) is 0 Å². The molecule has 1 heterocycles. The van der Waals surface area contributed by atoms with Crippen molar-refractivity contribution in [1.82, 2.24) is 20.5 Å². The lowest BCUT2D eigenvalue weighted by Crippen LogP contribution is -2.22. The minimum atomic E-state index is -0.595. The Bertz CT molecular complexity index is 520. The average molecular weight is 284 g/mol. The number of H-pyrrole nitrogens is 1. The topological polar surface area (TPSA) is 53.6 Å². The molecular formula is C12H14F2N4S. The quantitative estimate of drug-likeness (QED) is 0.886. The zero-order chi connectivity index (χ0) is 13.8. The van der Waals surface area contributed by atoms with E-state index in [9.17, 15) is 8.78 Å². The van der Waals surface area contributed by atoms with Crippen LogP contribution in [0.15, 0.2) is 28.5 Å². The first kappa shape index (κ1) is 14.0. The molecule has 0 saturated carbocycles. The smallest absolute Gasteiger partial charge is 0.188 e. The van der Waals surface area contributed by atoms with Gasteiger partial charge in [0.15, 0.2) is 5.16 Å². The Hall–Kier alpha value is -1.47. The molecule has 0 fully saturated rings. The van der Waals surface area contributed by atoms with E-state index >= 15 is 0 Å². The molecule has 0 unspecified atom stereocenters. The van der Waals surface area contributed by atoms with E-state index in [2.05, 4.69) is 20.5 Å². The summed E-state index contributed by atoms with van der Waals surface area (Å²) in [5.74, 6) is -1.19. The fraction of sp³-hybridized carbons (Fsp3) is 0.333. The van der Waals surface area contributed by atoms with E-state index in [0.29, 0.717) is 17.3 Å². The maximum absolute atomic E-state index is 13.9. The Kier molecular flexibility index (Phi) is 4.49. The summed E-state index contributed by atoms with van der Waals surface area (Å²) >= 11 is 0.881. The number of halogens is 2. The van der Waals surface area contributed by atoms with Crippen molar-refractivity contribution in [1.29, 1.82) is 0 Å². The number of aromatic amines is 1. The fourth-order valence-electron chi connectivity index (χ4n) is 1.47. The van der Waals surface area contributed by atoms with Crippen molar-refractivity contribution >= 4 is 11.8 Å². The highest BCUT2D eigenvalue weighted by Gasteiger charge is 2.14. The van der Waals surface area contributed by atoms with Crippen LogP contribution in [0.4, 0.5) is 8.78 Å². The molecule has 0 spiro atoms. The summed E-state index contributed by atoms with van der Waals surface area (Å²) in [4.78, 5) is 3.75. The van der Waals surface area contributed by atoms with Gasteiger partial charge in [0.05, 0.1) is 4.90 Å². The number of hydrogen-bond acceptors (Lipinski definition) is 4. The molecule has 0 atom stereocenters. The second-order valence-electron chi connectivity index (χ2n) is 4.32. The van der Waals surface area contributed by atoms with Crippen LogP contribution in [-0.2, 0) is 6.54 Å². The number of aromatic nitrogens is 3. The zero-order valence-corrected chi connectivity index (χ0v) is 11.4. The highest BCUT2D eigenvalue weighted by molar-refractivity contribution is 7.99. The Morgan fingerprint density at radius 3 is 2.53 bits per heavy atom. The van der Waals surface area contributed by atoms with Crippen molar-refractivity contribution in [3.8, 4) is 0 Å². The molecule has 1 aromatic heterocycles. The number of nitrogens with one attached hydrogen (secondary N) is 2. The number of hydrogen-bond donors (Lipinski definition) is 2. The zero-order valence-electron chi connectivity index (χ0n) is 10.6. The standard InChI is InChI=1S/C12H14F2N4S/c1-7(2)15-5-8-3-9(13)11(10(14)4-8)19-12-16-6-17-18-12/h3-4,6-7,15H,5H2,1-2H3,(H,16,17,18). The predicted octanol–water partition coefficient (Wildman–Crippen LogP) is 2.73. The Morgan fingerprint density at radius 1 is 1.32 bits per heavy atom. The van der Waals surface area contributed by atoms with Crippen LogP contribution in [0.1, 0.15) is 19.4 Å². The van der Waals surface area contributed by atoms with Gasteiger partial charge in [-0.25, -0.2) is 13.8 Å². The van der Waals surface area contributed by atoms with E-state index in [1.54, 1.807) is 0 Å². The third-order valence-corrected chi connectivity index (χ3v) is 3.35. The van der Waals surface area contributed by atoms with Gasteiger partial charge in [0, 0.05) is 12.6 Å². The van der Waals surface area contributed by atoms with Gasteiger partial charge in [-0.3, -0.25) is 5.10 Å². The molecule has 2 aromatic rings. The molecule has 102 valence electrons. The molecule has 0 saturated heterocycles. The first-order valence-corrected chi connectivity index (χ1v) is 6.62. The molecule has 0 bridgehead atoms. The second kappa shape index (κ2) is 6.12. The molecule has 0 aliphatic carbocycles. The van der Waals surface area contributed by atoms with Crippen molar-refractivity contribution in [2.45, 2.75) is 36.5 Å². The van der Waals surface area contributed by atoms with E-state index in [0.717, 1.165) is 11.8 Å². The molecule has 19 heavy (non-hydrogen) atoms. The fourth-order valence-corrected chi connectivity index (χ4v) is 2.18. The summed E-state index contributed by atoms with van der Waals surface area (Å²) in [5.41, 5.74) is 0.575. The van der Waals surface area contributed by atoms with Crippen molar-refractivity contribution in [2.24, 2.45) is 0 Å². The lowest BCUT2D eigenvalue weighted by Gasteiger charge is -2.10. The van der Waals surface area contributed by atoms with E-state index in [1.165, 1.54) is 18.5 Å². The Labute approximate surface area is 114 Å². The summed E-state index contributed by atoms with van der Waals surface area (Å²) in [6.45, 7) is 4.38. The largest absolute Gasteiger partial charge is 0.310 e. The van der Waals surface area contributed by atoms with Crippen LogP contribution in [0.5, 0.6) is 0 Å². The SMILES string of the molecule is CC(C)NCc1cc(F)c(Sc2ncn[nH]2)c(F)c1. The summed E-state index contributed by atoms with van der Waals surface area (Å²) < 4.78 is 27.8. The predicted molar refractivity (Wildman–Crippen MR) is 68.8 cm³/mol. The van der Waals surface area contributed by atoms with Gasteiger partial charge in [-0.1, -0.05) is 13.8 Å². The maximum Gasteiger partial charge on any atom is 0.188 e. The molecule has 4 nitrogen and oxygen atoms in total. The normalized spacial score (nSPS) is 11.2. The average Bonchev–Trinajstić information content (AvgIpc) is 2.84. The number of rotatable bonds is 5. The first-order chi connectivity index (χ1) is 9.06. The molecule has 2 rings (SSSR count). The number of benzene rings is 1. The van der Waals surface area contributed by atoms with E-state index in [1.807, 2.05) is 13.8 Å². The third kappa shape index (κ3) is 3.74. The molecule has 2 N–H and O–H groups in total. The Balaban J connectivity index is 2.17. The van der Waals surface area contributed by atoms with Gasteiger partial charge >= 0.3 is 0 Å². The lowest BCUT2D eigenvalue weighted by atomic mass is 10.2. The number of nitrogens with zero attached hydrogens (tertiary/aromatic N) is 2. The van der Waals surface area contributed by atoms with Crippen molar-refractivity contribution in [3.63, 3.8) is 0 Å². The molecule has 7 heteroatoms. The highest BCUT2D eigenvalue weighted by atomic mass is 32.2. The molecule has 0 radical (unpaired) electrons. The monoisotopic (exact) mass is 284 g/mol. The summed E-state index contributed by atoms with van der Waals surface area (Å²) in [5, 5.41) is 9.65.